The van der Waals surface area contributed by atoms with Crippen LogP contribution in [0.25, 0.3) is 27.6 Å². The molecule has 28 heavy (non-hydrogen) atoms. The van der Waals surface area contributed by atoms with E-state index in [-0.39, 0.29) is 11.3 Å². The lowest BCUT2D eigenvalue weighted by atomic mass is 10.1. The summed E-state index contributed by atoms with van der Waals surface area (Å²) in [6.07, 6.45) is 0. The Kier molecular flexibility index (Phi) is 3.27. The van der Waals surface area contributed by atoms with Gasteiger partial charge in [-0.25, -0.2) is 0 Å². The predicted molar refractivity (Wildman–Crippen MR) is 102 cm³/mol. The van der Waals surface area contributed by atoms with Crippen molar-refractivity contribution in [1.82, 2.24) is 9.13 Å². The molecule has 136 valence electrons. The average Bonchev–Trinajstić information content (AvgIpc) is 3.05. The molecule has 0 unspecified atom stereocenters. The highest BCUT2D eigenvalue weighted by Gasteiger charge is 2.27. The van der Waals surface area contributed by atoms with Gasteiger partial charge < -0.3 is 9.30 Å². The van der Waals surface area contributed by atoms with Gasteiger partial charge in [0, 0.05) is 23.2 Å². The largest absolute Gasteiger partial charge is 0.488 e. The SMILES string of the molecule is N#Cc1c2c3c(c4ccccc4n3CCO2)n(-c2ccc([N+](=O)[O-])cc2)c1=O. The molecule has 0 bridgehead atoms. The lowest BCUT2D eigenvalue weighted by Gasteiger charge is -2.20. The number of hydrogen-bond acceptors (Lipinski definition) is 5. The van der Waals surface area contributed by atoms with Gasteiger partial charge in [0.15, 0.2) is 11.3 Å². The highest BCUT2D eigenvalue weighted by molar-refractivity contribution is 6.09. The van der Waals surface area contributed by atoms with Gasteiger partial charge in [0.1, 0.15) is 18.2 Å². The molecule has 0 atom stereocenters. The highest BCUT2D eigenvalue weighted by Crippen LogP contribution is 2.38. The zero-order chi connectivity index (χ0) is 19.4. The number of para-hydroxylation sites is 1. The van der Waals surface area contributed by atoms with E-state index in [4.69, 9.17) is 4.74 Å². The molecule has 2 aromatic heterocycles. The minimum absolute atomic E-state index is 0.0722. The first kappa shape index (κ1) is 16.1. The highest BCUT2D eigenvalue weighted by atomic mass is 16.6. The summed E-state index contributed by atoms with van der Waals surface area (Å²) < 4.78 is 9.21. The number of nitro benzene ring substituents is 1. The van der Waals surface area contributed by atoms with E-state index >= 15 is 0 Å². The maximum absolute atomic E-state index is 13.2. The van der Waals surface area contributed by atoms with Crippen LogP contribution in [0.2, 0.25) is 0 Å². The quantitative estimate of drug-likeness (QED) is 0.397. The molecule has 8 nitrogen and oxygen atoms in total. The lowest BCUT2D eigenvalue weighted by molar-refractivity contribution is -0.384. The molecule has 0 spiro atoms. The average molecular weight is 372 g/mol. The number of pyridine rings is 1. The summed E-state index contributed by atoms with van der Waals surface area (Å²) in [5.74, 6) is 0.295. The predicted octanol–water partition coefficient (Wildman–Crippen LogP) is 3.12. The van der Waals surface area contributed by atoms with Crippen LogP contribution in [0.15, 0.2) is 53.3 Å². The lowest BCUT2D eigenvalue weighted by Crippen LogP contribution is -2.25. The fourth-order valence-corrected chi connectivity index (χ4v) is 3.85. The zero-order valence-electron chi connectivity index (χ0n) is 14.5. The maximum Gasteiger partial charge on any atom is 0.277 e. The Morgan fingerprint density at radius 2 is 1.86 bits per heavy atom. The van der Waals surface area contributed by atoms with E-state index in [2.05, 4.69) is 0 Å². The van der Waals surface area contributed by atoms with Crippen molar-refractivity contribution in [2.75, 3.05) is 6.61 Å². The minimum Gasteiger partial charge on any atom is -0.488 e. The summed E-state index contributed by atoms with van der Waals surface area (Å²) in [5, 5.41) is 21.4. The topological polar surface area (TPSA) is 103 Å². The van der Waals surface area contributed by atoms with Gasteiger partial charge in [0.25, 0.3) is 11.2 Å². The van der Waals surface area contributed by atoms with Gasteiger partial charge in [-0.2, -0.15) is 5.26 Å². The maximum atomic E-state index is 13.2. The molecule has 5 rings (SSSR count). The van der Waals surface area contributed by atoms with Crippen molar-refractivity contribution >= 4 is 27.6 Å². The molecule has 0 N–H and O–H groups in total. The summed E-state index contributed by atoms with van der Waals surface area (Å²) >= 11 is 0. The molecule has 2 aromatic carbocycles. The first-order chi connectivity index (χ1) is 13.6. The van der Waals surface area contributed by atoms with E-state index in [0.717, 1.165) is 10.9 Å². The van der Waals surface area contributed by atoms with Crippen LogP contribution in [0.4, 0.5) is 5.69 Å². The Morgan fingerprint density at radius 1 is 1.11 bits per heavy atom. The number of nitrogens with zero attached hydrogens (tertiary/aromatic N) is 4. The van der Waals surface area contributed by atoms with Crippen molar-refractivity contribution in [2.45, 2.75) is 6.54 Å². The molecule has 0 amide bonds. The standard InChI is InChI=1S/C20H12N4O4/c21-11-15-19-18-17(14-3-1-2-4-16(14)22(18)9-10-28-19)23(20(15)25)12-5-7-13(8-6-12)24(26)27/h1-8H,9-10H2. The van der Waals surface area contributed by atoms with Gasteiger partial charge in [-0.05, 0) is 18.2 Å². The first-order valence-electron chi connectivity index (χ1n) is 8.59. The molecule has 3 heterocycles. The van der Waals surface area contributed by atoms with E-state index < -0.39 is 10.5 Å². The fourth-order valence-electron chi connectivity index (χ4n) is 3.85. The monoisotopic (exact) mass is 372 g/mol. The Labute approximate surface area is 157 Å². The number of nitro groups is 1. The van der Waals surface area contributed by atoms with Gasteiger partial charge in [-0.1, -0.05) is 18.2 Å². The Bertz CT molecular complexity index is 1390. The molecule has 8 heteroatoms. The van der Waals surface area contributed by atoms with Crippen LogP contribution >= 0.6 is 0 Å². The third-order valence-electron chi connectivity index (χ3n) is 5.02. The number of rotatable bonds is 2. The number of aromatic nitrogens is 2. The van der Waals surface area contributed by atoms with Crippen molar-refractivity contribution < 1.29 is 9.66 Å². The molecule has 1 aliphatic rings. The number of non-ortho nitro benzene ring substituents is 1. The van der Waals surface area contributed by atoms with Gasteiger partial charge in [-0.15, -0.1) is 0 Å². The molecule has 0 fully saturated rings. The smallest absolute Gasteiger partial charge is 0.277 e. The van der Waals surface area contributed by atoms with Crippen LogP contribution in [0.3, 0.4) is 0 Å². The Balaban J connectivity index is 1.99. The number of ether oxygens (including phenoxy) is 1. The summed E-state index contributed by atoms with van der Waals surface area (Å²) in [6, 6.07) is 15.4. The molecule has 4 aromatic rings. The van der Waals surface area contributed by atoms with E-state index in [9.17, 15) is 20.2 Å². The minimum atomic E-state index is -0.511. The van der Waals surface area contributed by atoms with E-state index in [1.54, 1.807) is 0 Å². The van der Waals surface area contributed by atoms with Gasteiger partial charge >= 0.3 is 0 Å². The van der Waals surface area contributed by atoms with Crippen molar-refractivity contribution in [3.63, 3.8) is 0 Å². The molecule has 0 saturated carbocycles. The molecular formula is C20H12N4O4. The van der Waals surface area contributed by atoms with Gasteiger partial charge in [0.2, 0.25) is 0 Å². The second kappa shape index (κ2) is 5.69. The number of benzene rings is 2. The van der Waals surface area contributed by atoms with E-state index in [0.29, 0.717) is 35.6 Å². The second-order valence-corrected chi connectivity index (χ2v) is 6.44. The van der Waals surface area contributed by atoms with Crippen LogP contribution in [-0.4, -0.2) is 20.7 Å². The molecular weight excluding hydrogens is 360 g/mol. The molecule has 1 aliphatic heterocycles. The molecule has 0 saturated heterocycles. The number of nitriles is 1. The summed E-state index contributed by atoms with van der Waals surface area (Å²) in [7, 11) is 0. The molecule has 0 aliphatic carbocycles. The van der Waals surface area contributed by atoms with E-state index in [1.165, 1.54) is 28.8 Å². The number of fused-ring (bicyclic) bond motifs is 3. The summed E-state index contributed by atoms with van der Waals surface area (Å²) in [6.45, 7) is 0.969. The zero-order valence-corrected chi connectivity index (χ0v) is 14.5. The van der Waals surface area contributed by atoms with Crippen LogP contribution < -0.4 is 10.3 Å². The van der Waals surface area contributed by atoms with Gasteiger partial charge in [-0.3, -0.25) is 19.5 Å². The fraction of sp³-hybridized carbons (Fsp3) is 0.100. The summed E-state index contributed by atoms with van der Waals surface area (Å²) in [4.78, 5) is 23.7. The van der Waals surface area contributed by atoms with Gasteiger partial charge in [0.05, 0.1) is 22.5 Å². The normalized spacial score (nSPS) is 12.7. The molecule has 0 radical (unpaired) electrons. The Hall–Kier alpha value is -4.12. The van der Waals surface area contributed by atoms with Crippen molar-refractivity contribution in [3.8, 4) is 17.5 Å². The number of hydrogen-bond donors (Lipinski definition) is 0. The van der Waals surface area contributed by atoms with Crippen LogP contribution in [0.1, 0.15) is 5.56 Å². The summed E-state index contributed by atoms with van der Waals surface area (Å²) in [5.41, 5.74) is 2.04. The third kappa shape index (κ3) is 2.01. The van der Waals surface area contributed by atoms with Crippen LogP contribution in [0.5, 0.6) is 5.75 Å². The van der Waals surface area contributed by atoms with Crippen molar-refractivity contribution in [2.24, 2.45) is 0 Å². The van der Waals surface area contributed by atoms with E-state index in [1.807, 2.05) is 34.9 Å². The van der Waals surface area contributed by atoms with Crippen molar-refractivity contribution in [1.29, 1.82) is 5.26 Å². The first-order valence-corrected chi connectivity index (χ1v) is 8.59. The second-order valence-electron chi connectivity index (χ2n) is 6.44. The Morgan fingerprint density at radius 3 is 2.57 bits per heavy atom. The van der Waals surface area contributed by atoms with Crippen LogP contribution in [0, 0.1) is 21.4 Å². The van der Waals surface area contributed by atoms with Crippen LogP contribution in [-0.2, 0) is 6.54 Å². The third-order valence-corrected chi connectivity index (χ3v) is 5.02. The van der Waals surface area contributed by atoms with Crippen molar-refractivity contribution in [3.05, 3.63) is 74.6 Å².